The van der Waals surface area contributed by atoms with Crippen molar-refractivity contribution in [3.8, 4) is 0 Å². The summed E-state index contributed by atoms with van der Waals surface area (Å²) < 4.78 is 1.99. The van der Waals surface area contributed by atoms with E-state index in [2.05, 4.69) is 30.9 Å². The zero-order valence-electron chi connectivity index (χ0n) is 9.03. The van der Waals surface area contributed by atoms with Gasteiger partial charge in [-0.1, -0.05) is 25.9 Å². The van der Waals surface area contributed by atoms with Gasteiger partial charge in [-0.3, -0.25) is 0 Å². The van der Waals surface area contributed by atoms with Crippen LogP contribution >= 0.6 is 0 Å². The van der Waals surface area contributed by atoms with Crippen molar-refractivity contribution >= 4 is 0 Å². The Morgan fingerprint density at radius 2 is 2.21 bits per heavy atom. The highest BCUT2D eigenvalue weighted by molar-refractivity contribution is 4.92. The van der Waals surface area contributed by atoms with Crippen LogP contribution < -0.4 is 0 Å². The lowest BCUT2D eigenvalue weighted by Gasteiger charge is -2.18. The summed E-state index contributed by atoms with van der Waals surface area (Å²) in [6.07, 6.45) is 4.67. The normalized spacial score (nSPS) is 11.6. The van der Waals surface area contributed by atoms with Gasteiger partial charge in [-0.15, -0.1) is 0 Å². The maximum Gasteiger partial charge on any atom is 0.139 e. The Morgan fingerprint density at radius 1 is 1.50 bits per heavy atom. The smallest absolute Gasteiger partial charge is 0.139 e. The summed E-state index contributed by atoms with van der Waals surface area (Å²) in [5, 5.41) is 2.85. The van der Waals surface area contributed by atoms with E-state index < -0.39 is 0 Å². The average Bonchev–Trinajstić information content (AvgIpc) is 2.48. The van der Waals surface area contributed by atoms with Crippen LogP contribution in [0, 0.1) is 10.3 Å². The van der Waals surface area contributed by atoms with Crippen LogP contribution in [-0.2, 0) is 13.1 Å². The SMILES string of the molecule is CC(C)(C)CCn1ccnc1CN=O. The maximum absolute atomic E-state index is 10.1. The topological polar surface area (TPSA) is 47.2 Å². The second-order valence-corrected chi connectivity index (χ2v) is 4.63. The Bertz CT molecular complexity index is 299. The molecular weight excluding hydrogens is 178 g/mol. The van der Waals surface area contributed by atoms with Gasteiger partial charge >= 0.3 is 0 Å². The highest BCUT2D eigenvalue weighted by atomic mass is 16.3. The summed E-state index contributed by atoms with van der Waals surface area (Å²) >= 11 is 0. The minimum Gasteiger partial charge on any atom is -0.333 e. The third kappa shape index (κ3) is 3.28. The van der Waals surface area contributed by atoms with Gasteiger partial charge in [-0.25, -0.2) is 4.98 Å². The summed E-state index contributed by atoms with van der Waals surface area (Å²) in [6, 6.07) is 0. The molecule has 0 bridgehead atoms. The van der Waals surface area contributed by atoms with Crippen molar-refractivity contribution in [1.29, 1.82) is 0 Å². The lowest BCUT2D eigenvalue weighted by atomic mass is 9.92. The van der Waals surface area contributed by atoms with E-state index in [9.17, 15) is 4.91 Å². The van der Waals surface area contributed by atoms with Gasteiger partial charge < -0.3 is 4.57 Å². The van der Waals surface area contributed by atoms with Crippen LogP contribution in [0.3, 0.4) is 0 Å². The maximum atomic E-state index is 10.1. The molecule has 0 amide bonds. The molecule has 14 heavy (non-hydrogen) atoms. The Hall–Kier alpha value is -1.19. The van der Waals surface area contributed by atoms with E-state index >= 15 is 0 Å². The molecule has 0 saturated carbocycles. The summed E-state index contributed by atoms with van der Waals surface area (Å²) in [4.78, 5) is 14.2. The lowest BCUT2D eigenvalue weighted by molar-refractivity contribution is 0.347. The molecule has 0 unspecified atom stereocenters. The Balaban J connectivity index is 2.58. The van der Waals surface area contributed by atoms with Crippen molar-refractivity contribution in [3.63, 3.8) is 0 Å². The molecule has 0 saturated heterocycles. The number of aryl methyl sites for hydroxylation is 1. The van der Waals surface area contributed by atoms with Crippen LogP contribution in [0.1, 0.15) is 33.0 Å². The second kappa shape index (κ2) is 4.35. The van der Waals surface area contributed by atoms with Crippen LogP contribution in [0.2, 0.25) is 0 Å². The first-order chi connectivity index (χ1) is 6.53. The van der Waals surface area contributed by atoms with Gasteiger partial charge in [0, 0.05) is 18.9 Å². The average molecular weight is 195 g/mol. The molecule has 4 nitrogen and oxygen atoms in total. The van der Waals surface area contributed by atoms with Crippen molar-refractivity contribution in [2.45, 2.75) is 40.3 Å². The zero-order valence-corrected chi connectivity index (χ0v) is 9.03. The lowest BCUT2D eigenvalue weighted by Crippen LogP contribution is -2.11. The molecular formula is C10H17N3O. The number of hydrogen-bond donors (Lipinski definition) is 0. The largest absolute Gasteiger partial charge is 0.333 e. The fourth-order valence-electron chi connectivity index (χ4n) is 1.21. The number of imidazole rings is 1. The molecule has 0 fully saturated rings. The van der Waals surface area contributed by atoms with E-state index in [0.717, 1.165) is 18.8 Å². The molecule has 0 atom stereocenters. The molecule has 0 N–H and O–H groups in total. The van der Waals surface area contributed by atoms with Crippen LogP contribution in [0.4, 0.5) is 0 Å². The van der Waals surface area contributed by atoms with E-state index in [1.54, 1.807) is 6.20 Å². The summed E-state index contributed by atoms with van der Waals surface area (Å²) in [7, 11) is 0. The third-order valence-electron chi connectivity index (χ3n) is 2.11. The van der Waals surface area contributed by atoms with Crippen LogP contribution in [-0.4, -0.2) is 9.55 Å². The summed E-state index contributed by atoms with van der Waals surface area (Å²) in [6.45, 7) is 7.65. The first-order valence-electron chi connectivity index (χ1n) is 4.82. The van der Waals surface area contributed by atoms with Crippen LogP contribution in [0.25, 0.3) is 0 Å². The van der Waals surface area contributed by atoms with Gasteiger partial charge in [0.2, 0.25) is 0 Å². The van der Waals surface area contributed by atoms with Gasteiger partial charge in [-0.2, -0.15) is 4.91 Å². The number of nitroso groups, excluding NO2 is 1. The highest BCUT2D eigenvalue weighted by Gasteiger charge is 2.11. The molecule has 1 aromatic heterocycles. The molecule has 0 aliphatic rings. The van der Waals surface area contributed by atoms with E-state index in [-0.39, 0.29) is 6.54 Å². The predicted octanol–water partition coefficient (Wildman–Crippen LogP) is 2.59. The minimum atomic E-state index is 0.164. The van der Waals surface area contributed by atoms with Crippen molar-refractivity contribution in [1.82, 2.24) is 9.55 Å². The molecule has 78 valence electrons. The van der Waals surface area contributed by atoms with Crippen LogP contribution in [0.5, 0.6) is 0 Å². The Kier molecular flexibility index (Phi) is 3.38. The molecule has 1 rings (SSSR count). The monoisotopic (exact) mass is 195 g/mol. The molecule has 0 aromatic carbocycles. The molecule has 0 aliphatic heterocycles. The molecule has 0 radical (unpaired) electrons. The van der Waals surface area contributed by atoms with E-state index in [0.29, 0.717) is 5.41 Å². The first-order valence-corrected chi connectivity index (χ1v) is 4.82. The van der Waals surface area contributed by atoms with Crippen molar-refractivity contribution in [2.24, 2.45) is 10.6 Å². The molecule has 1 aromatic rings. The van der Waals surface area contributed by atoms with Crippen molar-refractivity contribution in [2.75, 3.05) is 0 Å². The summed E-state index contributed by atoms with van der Waals surface area (Å²) in [5.74, 6) is 0.754. The zero-order chi connectivity index (χ0) is 10.6. The standard InChI is InChI=1S/C10H17N3O/c1-10(2,3)4-6-13-7-5-11-9(13)8-12-14/h5,7H,4,6,8H2,1-3H3. The van der Waals surface area contributed by atoms with Crippen molar-refractivity contribution in [3.05, 3.63) is 23.1 Å². The van der Waals surface area contributed by atoms with Gasteiger partial charge in [-0.05, 0) is 11.8 Å². The van der Waals surface area contributed by atoms with Crippen molar-refractivity contribution < 1.29 is 0 Å². The fourth-order valence-corrected chi connectivity index (χ4v) is 1.21. The number of rotatable bonds is 4. The number of aromatic nitrogens is 2. The number of nitrogens with zero attached hydrogens (tertiary/aromatic N) is 3. The highest BCUT2D eigenvalue weighted by Crippen LogP contribution is 2.19. The molecule has 4 heteroatoms. The predicted molar refractivity (Wildman–Crippen MR) is 55.8 cm³/mol. The second-order valence-electron chi connectivity index (χ2n) is 4.63. The molecule has 0 spiro atoms. The number of hydrogen-bond acceptors (Lipinski definition) is 3. The van der Waals surface area contributed by atoms with Gasteiger partial charge in [0.05, 0.1) is 0 Å². The Labute approximate surface area is 84.3 Å². The molecule has 0 aliphatic carbocycles. The van der Waals surface area contributed by atoms with Gasteiger partial charge in [0.25, 0.3) is 0 Å². The van der Waals surface area contributed by atoms with E-state index in [1.807, 2.05) is 10.8 Å². The Morgan fingerprint density at radius 3 is 2.79 bits per heavy atom. The van der Waals surface area contributed by atoms with E-state index in [4.69, 9.17) is 0 Å². The third-order valence-corrected chi connectivity index (χ3v) is 2.11. The minimum absolute atomic E-state index is 0.164. The molecule has 1 heterocycles. The van der Waals surface area contributed by atoms with Gasteiger partial charge in [0.1, 0.15) is 12.4 Å². The quantitative estimate of drug-likeness (QED) is 0.693. The van der Waals surface area contributed by atoms with Crippen LogP contribution in [0.15, 0.2) is 17.6 Å². The van der Waals surface area contributed by atoms with Gasteiger partial charge in [0.15, 0.2) is 0 Å². The first kappa shape index (κ1) is 10.9. The summed E-state index contributed by atoms with van der Waals surface area (Å²) in [5.41, 5.74) is 0.302. The van der Waals surface area contributed by atoms with E-state index in [1.165, 1.54) is 0 Å². The fraction of sp³-hybridized carbons (Fsp3) is 0.700.